The van der Waals surface area contributed by atoms with Gasteiger partial charge in [0, 0.05) is 0 Å². The van der Waals surface area contributed by atoms with Crippen molar-refractivity contribution in [1.82, 2.24) is 0 Å². The fraction of sp³-hybridized carbons (Fsp3) is 0. The Morgan fingerprint density at radius 3 is 0.529 bits per heavy atom. The molecule has 0 bridgehead atoms. The first-order valence-corrected chi connectivity index (χ1v) is 17.9. The molecule has 18 heteroatoms. The molecular formula is C16H8O16Sn2. The van der Waals surface area contributed by atoms with Crippen LogP contribution in [-0.4, -0.2) is 87.8 Å². The van der Waals surface area contributed by atoms with Crippen molar-refractivity contribution in [2.45, 2.75) is 0 Å². The van der Waals surface area contributed by atoms with Crippen LogP contribution in [0.1, 0.15) is 0 Å². The van der Waals surface area contributed by atoms with Gasteiger partial charge in [-0.05, 0) is 0 Å². The Morgan fingerprint density at radius 1 is 0.294 bits per heavy atom. The van der Waals surface area contributed by atoms with E-state index in [1.807, 2.05) is 0 Å². The minimum atomic E-state index is -6.11. The topological polar surface area (TPSA) is 210 Å². The zero-order valence-corrected chi connectivity index (χ0v) is 21.9. The molecule has 3 aliphatic rings. The van der Waals surface area contributed by atoms with Gasteiger partial charge in [0.2, 0.25) is 0 Å². The van der Waals surface area contributed by atoms with Gasteiger partial charge in [0.15, 0.2) is 0 Å². The molecule has 0 aromatic heterocycles. The molecule has 0 fully saturated rings. The Morgan fingerprint density at radius 2 is 0.412 bits per heavy atom. The molecule has 0 saturated heterocycles. The first-order chi connectivity index (χ1) is 16.0. The van der Waals surface area contributed by atoms with Crippen LogP contribution in [0.5, 0.6) is 0 Å². The van der Waals surface area contributed by atoms with Gasteiger partial charge in [0.05, 0.1) is 0 Å². The van der Waals surface area contributed by atoms with Gasteiger partial charge in [-0.3, -0.25) is 0 Å². The van der Waals surface area contributed by atoms with E-state index in [0.717, 1.165) is 0 Å². The van der Waals surface area contributed by atoms with Gasteiger partial charge >= 0.3 is 199 Å². The molecule has 3 aliphatic heterocycles. The van der Waals surface area contributed by atoms with E-state index in [9.17, 15) is 38.4 Å². The number of rotatable bonds is 0. The summed E-state index contributed by atoms with van der Waals surface area (Å²) in [6.07, 6.45) is 3.87. The summed E-state index contributed by atoms with van der Waals surface area (Å²) in [6.45, 7) is 0. The zero-order valence-electron chi connectivity index (χ0n) is 16.2. The van der Waals surface area contributed by atoms with Crippen LogP contribution in [0.3, 0.4) is 0 Å². The molecule has 3 heterocycles. The second-order valence-electron chi connectivity index (χ2n) is 5.70. The molecule has 176 valence electrons. The molecule has 0 aromatic rings. The number of hydrogen-bond donors (Lipinski definition) is 0. The van der Waals surface area contributed by atoms with Crippen molar-refractivity contribution < 1.29 is 62.9 Å². The van der Waals surface area contributed by atoms with Gasteiger partial charge in [-0.1, -0.05) is 0 Å². The Hall–Kier alpha value is -3.68. The van der Waals surface area contributed by atoms with Crippen molar-refractivity contribution in [3.63, 3.8) is 0 Å². The molecular weight excluding hydrogens is 686 g/mol. The van der Waals surface area contributed by atoms with Crippen LogP contribution in [0.25, 0.3) is 0 Å². The van der Waals surface area contributed by atoms with E-state index >= 15 is 0 Å². The summed E-state index contributed by atoms with van der Waals surface area (Å²) >= 11 is -12.2. The number of carbonyl (C=O) groups excluding carboxylic acids is 8. The van der Waals surface area contributed by atoms with Gasteiger partial charge in [0.1, 0.15) is 0 Å². The summed E-state index contributed by atoms with van der Waals surface area (Å²) in [6, 6.07) is 0. The van der Waals surface area contributed by atoms with Crippen molar-refractivity contribution in [1.29, 1.82) is 0 Å². The molecule has 0 N–H and O–H groups in total. The fourth-order valence-electron chi connectivity index (χ4n) is 2.05. The van der Waals surface area contributed by atoms with Crippen molar-refractivity contribution in [3.8, 4) is 0 Å². The average molecular weight is 694 g/mol. The van der Waals surface area contributed by atoms with E-state index in [2.05, 4.69) is 0 Å². The first kappa shape index (κ1) is 24.9. The maximum absolute atomic E-state index is 12.2. The van der Waals surface area contributed by atoms with E-state index < -0.39 is 87.8 Å². The average Bonchev–Trinajstić information content (AvgIpc) is 2.94. The molecule has 0 saturated carbocycles. The number of carbonyl (C=O) groups is 8. The molecule has 0 atom stereocenters. The molecule has 34 heavy (non-hydrogen) atoms. The van der Waals surface area contributed by atoms with Crippen molar-refractivity contribution in [3.05, 3.63) is 48.6 Å². The predicted molar refractivity (Wildman–Crippen MR) is 96.8 cm³/mol. The second-order valence-corrected chi connectivity index (χ2v) is 16.1. The van der Waals surface area contributed by atoms with Crippen molar-refractivity contribution in [2.75, 3.05) is 0 Å². The quantitative estimate of drug-likeness (QED) is 0.240. The van der Waals surface area contributed by atoms with Crippen molar-refractivity contribution >= 4 is 87.8 Å². The number of hydrogen-bond acceptors (Lipinski definition) is 16. The van der Waals surface area contributed by atoms with Gasteiger partial charge in [-0.25, -0.2) is 0 Å². The van der Waals surface area contributed by atoms with Crippen LogP contribution in [0.15, 0.2) is 48.6 Å². The monoisotopic (exact) mass is 696 g/mol. The van der Waals surface area contributed by atoms with Gasteiger partial charge in [-0.15, -0.1) is 0 Å². The molecule has 3 rings (SSSR count). The second kappa shape index (κ2) is 10.1. The Bertz CT molecular complexity index is 956. The first-order valence-electron chi connectivity index (χ1n) is 8.54. The molecule has 0 aromatic carbocycles. The summed E-state index contributed by atoms with van der Waals surface area (Å²) < 4.78 is 38.0. The molecule has 0 unspecified atom stereocenters. The van der Waals surface area contributed by atoms with Crippen LogP contribution in [0.2, 0.25) is 0 Å². The van der Waals surface area contributed by atoms with E-state index in [1.165, 1.54) is 0 Å². The molecule has 0 amide bonds. The van der Waals surface area contributed by atoms with Crippen LogP contribution in [-0.2, 0) is 62.9 Å². The summed E-state index contributed by atoms with van der Waals surface area (Å²) in [4.78, 5) is 95.5. The van der Waals surface area contributed by atoms with E-state index in [0.29, 0.717) is 48.6 Å². The normalized spacial score (nSPS) is 24.0. The summed E-state index contributed by atoms with van der Waals surface area (Å²) in [7, 11) is 0. The molecule has 0 radical (unpaired) electrons. The molecule has 0 aliphatic carbocycles. The third kappa shape index (κ3) is 6.66. The van der Waals surface area contributed by atoms with Crippen LogP contribution >= 0.6 is 0 Å². The third-order valence-corrected chi connectivity index (χ3v) is 13.5. The zero-order chi connectivity index (χ0) is 24.9. The van der Waals surface area contributed by atoms with Crippen LogP contribution in [0.4, 0.5) is 0 Å². The van der Waals surface area contributed by atoms with Gasteiger partial charge < -0.3 is 0 Å². The Labute approximate surface area is 198 Å². The predicted octanol–water partition coefficient (Wildman–Crippen LogP) is -2.53. The van der Waals surface area contributed by atoms with Gasteiger partial charge in [0.25, 0.3) is 0 Å². The Balaban J connectivity index is 1.95. The van der Waals surface area contributed by atoms with Crippen LogP contribution < -0.4 is 0 Å². The van der Waals surface area contributed by atoms with Crippen LogP contribution in [0, 0.1) is 0 Å². The summed E-state index contributed by atoms with van der Waals surface area (Å²) in [5.74, 6) is -11.0. The van der Waals surface area contributed by atoms with Crippen molar-refractivity contribution in [2.24, 2.45) is 0 Å². The fourth-order valence-corrected chi connectivity index (χ4v) is 10.7. The standard InChI is InChI=1S/4C4H4O4.2Sn/c4*5-3(6)1-2-4(7)8;;/h4*1-2H,(H,5,6)(H,7,8);;/q;;;;2*+4/p-8/b2*2-1-;;;;. The summed E-state index contributed by atoms with van der Waals surface area (Å²) in [5.41, 5.74) is 0. The minimum absolute atomic E-state index is 0.358. The van der Waals surface area contributed by atoms with E-state index in [4.69, 9.17) is 24.6 Å². The summed E-state index contributed by atoms with van der Waals surface area (Å²) in [5, 5.41) is 0. The van der Waals surface area contributed by atoms with E-state index in [-0.39, 0.29) is 0 Å². The molecule has 16 nitrogen and oxygen atoms in total. The Kier molecular flexibility index (Phi) is 7.39. The third-order valence-electron chi connectivity index (χ3n) is 3.23. The maximum atomic E-state index is 12.2. The van der Waals surface area contributed by atoms with E-state index in [1.54, 1.807) is 0 Å². The molecule has 2 spiro atoms. The SMILES string of the molecule is O=C1C=CC(=O)[O][Sn]2([O]1)[O]C(=O)/C=C\C(=O)[O][Sn]1([O]C(=O)C=CC(=O)[O]1)[O]C(=O)/C=C\C(=O)[O]2. The van der Waals surface area contributed by atoms with Gasteiger partial charge in [-0.2, -0.15) is 0 Å².